The number of aliphatic hydroxyl groups is 1. The Hall–Kier alpha value is -0.940. The molecule has 4 heteroatoms. The molecule has 4 nitrogen and oxygen atoms in total. The van der Waals surface area contributed by atoms with Crippen molar-refractivity contribution in [1.29, 1.82) is 0 Å². The standard InChI is InChI=1S/C23H36N2O2/c1-22(20-7-3-2-4-8-20)11-9-21-17-23(26,12-15-25(21)18-22)10-5-13-24-14-6-16-27-19-24/h2-4,7-8,21,26H,5-6,9-19H2,1H3. The number of hydrogen-bond donors (Lipinski definition) is 1. The van der Waals surface area contributed by atoms with Gasteiger partial charge in [-0.25, -0.2) is 0 Å². The molecule has 3 aliphatic heterocycles. The molecular weight excluding hydrogens is 336 g/mol. The topological polar surface area (TPSA) is 35.9 Å². The summed E-state index contributed by atoms with van der Waals surface area (Å²) in [5, 5.41) is 11.2. The first kappa shape index (κ1) is 19.4. The zero-order chi connectivity index (χ0) is 18.7. The van der Waals surface area contributed by atoms with Crippen LogP contribution in [0.5, 0.6) is 0 Å². The minimum atomic E-state index is -0.460. The van der Waals surface area contributed by atoms with Gasteiger partial charge in [-0.15, -0.1) is 0 Å². The van der Waals surface area contributed by atoms with E-state index in [1.165, 1.54) is 18.4 Å². The summed E-state index contributed by atoms with van der Waals surface area (Å²) in [4.78, 5) is 5.04. The Labute approximate surface area is 164 Å². The molecule has 3 fully saturated rings. The van der Waals surface area contributed by atoms with Crippen molar-refractivity contribution in [3.05, 3.63) is 35.9 Å². The quantitative estimate of drug-likeness (QED) is 0.859. The summed E-state index contributed by atoms with van der Waals surface area (Å²) in [6.07, 6.45) is 7.45. The molecule has 3 saturated heterocycles. The largest absolute Gasteiger partial charge is 0.390 e. The number of rotatable bonds is 5. The van der Waals surface area contributed by atoms with E-state index in [2.05, 4.69) is 47.1 Å². The lowest BCUT2D eigenvalue weighted by Crippen LogP contribution is -2.57. The van der Waals surface area contributed by atoms with E-state index in [-0.39, 0.29) is 5.41 Å². The van der Waals surface area contributed by atoms with Crippen LogP contribution in [0.15, 0.2) is 30.3 Å². The summed E-state index contributed by atoms with van der Waals surface area (Å²) in [5.74, 6) is 0. The Balaban J connectivity index is 1.29. The summed E-state index contributed by atoms with van der Waals surface area (Å²) >= 11 is 0. The van der Waals surface area contributed by atoms with Crippen molar-refractivity contribution in [1.82, 2.24) is 9.80 Å². The Kier molecular flexibility index (Phi) is 5.89. The van der Waals surface area contributed by atoms with E-state index in [4.69, 9.17) is 4.74 Å². The van der Waals surface area contributed by atoms with Crippen molar-refractivity contribution >= 4 is 0 Å². The van der Waals surface area contributed by atoms with Crippen LogP contribution >= 0.6 is 0 Å². The average Bonchev–Trinajstić information content (AvgIpc) is 2.70. The van der Waals surface area contributed by atoms with Crippen LogP contribution < -0.4 is 0 Å². The fourth-order valence-electron chi connectivity index (χ4n) is 5.47. The fourth-order valence-corrected chi connectivity index (χ4v) is 5.47. The zero-order valence-electron chi connectivity index (χ0n) is 16.9. The van der Waals surface area contributed by atoms with Crippen LogP contribution in [0.3, 0.4) is 0 Å². The van der Waals surface area contributed by atoms with Crippen LogP contribution in [0.4, 0.5) is 0 Å². The molecule has 150 valence electrons. The SMILES string of the molecule is CC1(c2ccccc2)CCC2CC(O)(CCCN3CCCOC3)CCN2C1. The van der Waals surface area contributed by atoms with Crippen molar-refractivity contribution in [2.45, 2.75) is 68.9 Å². The third kappa shape index (κ3) is 4.56. The minimum Gasteiger partial charge on any atom is -0.390 e. The van der Waals surface area contributed by atoms with E-state index in [0.717, 1.165) is 71.6 Å². The van der Waals surface area contributed by atoms with Crippen LogP contribution in [0.25, 0.3) is 0 Å². The molecule has 0 aliphatic carbocycles. The second kappa shape index (κ2) is 8.20. The van der Waals surface area contributed by atoms with Crippen LogP contribution in [0, 0.1) is 0 Å². The van der Waals surface area contributed by atoms with Gasteiger partial charge in [0.05, 0.1) is 12.3 Å². The monoisotopic (exact) mass is 372 g/mol. The lowest BCUT2D eigenvalue weighted by atomic mass is 9.70. The molecule has 3 atom stereocenters. The predicted octanol–water partition coefficient (Wildman–Crippen LogP) is 3.39. The number of piperidine rings is 2. The fraction of sp³-hybridized carbons (Fsp3) is 0.739. The Morgan fingerprint density at radius 1 is 1.19 bits per heavy atom. The highest BCUT2D eigenvalue weighted by Crippen LogP contribution is 2.42. The van der Waals surface area contributed by atoms with Crippen molar-refractivity contribution in [3.8, 4) is 0 Å². The molecule has 0 bridgehead atoms. The predicted molar refractivity (Wildman–Crippen MR) is 109 cm³/mol. The van der Waals surface area contributed by atoms with E-state index in [0.29, 0.717) is 6.04 Å². The van der Waals surface area contributed by atoms with Gasteiger partial charge in [0.1, 0.15) is 0 Å². The summed E-state index contributed by atoms with van der Waals surface area (Å²) in [7, 11) is 0. The van der Waals surface area contributed by atoms with Crippen LogP contribution in [0.1, 0.15) is 57.4 Å². The highest BCUT2D eigenvalue weighted by atomic mass is 16.5. The highest BCUT2D eigenvalue weighted by molar-refractivity contribution is 5.26. The first-order chi connectivity index (χ1) is 13.1. The molecule has 0 saturated carbocycles. The van der Waals surface area contributed by atoms with Gasteiger partial charge in [-0.2, -0.15) is 0 Å². The maximum atomic E-state index is 11.2. The molecule has 1 N–H and O–H groups in total. The van der Waals surface area contributed by atoms with Gasteiger partial charge in [-0.3, -0.25) is 9.80 Å². The summed E-state index contributed by atoms with van der Waals surface area (Å²) < 4.78 is 5.53. The maximum absolute atomic E-state index is 11.2. The minimum absolute atomic E-state index is 0.251. The zero-order valence-corrected chi connectivity index (χ0v) is 16.9. The number of benzene rings is 1. The molecule has 4 rings (SSSR count). The molecule has 1 aromatic rings. The van der Waals surface area contributed by atoms with Crippen molar-refractivity contribution in [2.24, 2.45) is 0 Å². The van der Waals surface area contributed by atoms with E-state index in [1.807, 2.05) is 0 Å². The Morgan fingerprint density at radius 3 is 2.81 bits per heavy atom. The van der Waals surface area contributed by atoms with Gasteiger partial charge in [-0.1, -0.05) is 37.3 Å². The van der Waals surface area contributed by atoms with Crippen LogP contribution in [0.2, 0.25) is 0 Å². The van der Waals surface area contributed by atoms with Crippen molar-refractivity contribution < 1.29 is 9.84 Å². The van der Waals surface area contributed by atoms with Gasteiger partial charge in [0.2, 0.25) is 0 Å². The molecule has 3 unspecified atom stereocenters. The van der Waals surface area contributed by atoms with Gasteiger partial charge >= 0.3 is 0 Å². The van der Waals surface area contributed by atoms with Crippen molar-refractivity contribution in [2.75, 3.05) is 39.5 Å². The summed E-state index contributed by atoms with van der Waals surface area (Å²) in [6, 6.07) is 11.5. The summed E-state index contributed by atoms with van der Waals surface area (Å²) in [6.45, 7) is 8.46. The maximum Gasteiger partial charge on any atom is 0.0990 e. The van der Waals surface area contributed by atoms with Gasteiger partial charge in [-0.05, 0) is 50.5 Å². The van der Waals surface area contributed by atoms with E-state index < -0.39 is 5.60 Å². The number of ether oxygens (including phenoxy) is 1. The molecule has 1 aromatic carbocycles. The molecule has 3 aliphatic rings. The van der Waals surface area contributed by atoms with E-state index in [9.17, 15) is 5.11 Å². The molecule has 0 aromatic heterocycles. The first-order valence-corrected chi connectivity index (χ1v) is 10.9. The van der Waals surface area contributed by atoms with Gasteiger partial charge < -0.3 is 9.84 Å². The van der Waals surface area contributed by atoms with E-state index in [1.54, 1.807) is 0 Å². The van der Waals surface area contributed by atoms with E-state index >= 15 is 0 Å². The molecule has 0 radical (unpaired) electrons. The second-order valence-electron chi connectivity index (χ2n) is 9.38. The average molecular weight is 373 g/mol. The Bertz CT molecular complexity index is 604. The van der Waals surface area contributed by atoms with Gasteiger partial charge in [0.25, 0.3) is 0 Å². The van der Waals surface area contributed by atoms with Crippen LogP contribution in [-0.4, -0.2) is 66.1 Å². The normalized spacial score (nSPS) is 35.7. The smallest absolute Gasteiger partial charge is 0.0990 e. The number of fused-ring (bicyclic) bond motifs is 1. The highest BCUT2D eigenvalue weighted by Gasteiger charge is 2.44. The van der Waals surface area contributed by atoms with Gasteiger partial charge in [0.15, 0.2) is 0 Å². The molecular formula is C23H36N2O2. The lowest BCUT2D eigenvalue weighted by Gasteiger charge is -2.51. The number of hydrogen-bond acceptors (Lipinski definition) is 4. The van der Waals surface area contributed by atoms with Crippen LogP contribution in [-0.2, 0) is 10.2 Å². The second-order valence-corrected chi connectivity index (χ2v) is 9.38. The molecule has 3 heterocycles. The molecule has 0 amide bonds. The number of nitrogens with zero attached hydrogens (tertiary/aromatic N) is 2. The van der Waals surface area contributed by atoms with Gasteiger partial charge in [0, 0.05) is 44.2 Å². The Morgan fingerprint density at radius 2 is 2.04 bits per heavy atom. The first-order valence-electron chi connectivity index (χ1n) is 10.9. The third-order valence-electron chi connectivity index (χ3n) is 7.20. The van der Waals surface area contributed by atoms with Crippen molar-refractivity contribution in [3.63, 3.8) is 0 Å². The lowest BCUT2D eigenvalue weighted by molar-refractivity contribution is -0.0752. The molecule has 27 heavy (non-hydrogen) atoms. The molecule has 0 spiro atoms. The third-order valence-corrected chi connectivity index (χ3v) is 7.20. The summed E-state index contributed by atoms with van der Waals surface area (Å²) in [5.41, 5.74) is 1.26.